The Morgan fingerprint density at radius 1 is 1.00 bits per heavy atom. The predicted octanol–water partition coefficient (Wildman–Crippen LogP) is 2.79. The average molecular weight is 222 g/mol. The molecule has 0 spiro atoms. The van der Waals surface area contributed by atoms with Crippen molar-refractivity contribution in [3.8, 4) is 0 Å². The van der Waals surface area contributed by atoms with E-state index in [0.29, 0.717) is 0 Å². The van der Waals surface area contributed by atoms with Crippen molar-refractivity contribution < 1.29 is 21.6 Å². The van der Waals surface area contributed by atoms with E-state index in [2.05, 4.69) is 20.1 Å². The van der Waals surface area contributed by atoms with E-state index < -0.39 is 5.41 Å². The van der Waals surface area contributed by atoms with Crippen molar-refractivity contribution in [3.05, 3.63) is 22.3 Å². The second-order valence-corrected chi connectivity index (χ2v) is 3.73. The van der Waals surface area contributed by atoms with Crippen LogP contribution in [0.2, 0.25) is 0 Å². The summed E-state index contributed by atoms with van der Waals surface area (Å²) in [4.78, 5) is 10.8. The van der Waals surface area contributed by atoms with Gasteiger partial charge in [-0.15, -0.1) is 0 Å². The van der Waals surface area contributed by atoms with Crippen LogP contribution in [-0.4, -0.2) is 6.29 Å². The molecule has 0 aromatic carbocycles. The molecule has 75 valence electrons. The van der Waals surface area contributed by atoms with Crippen LogP contribution in [0.5, 0.6) is 0 Å². The summed E-state index contributed by atoms with van der Waals surface area (Å²) in [5.41, 5.74) is 4.34. The first-order valence-corrected chi connectivity index (χ1v) is 4.20. The average Bonchev–Trinajstić information content (AvgIpc) is 2.22. The van der Waals surface area contributed by atoms with Crippen molar-refractivity contribution in [3.63, 3.8) is 0 Å². The molecule has 0 atom stereocenters. The Morgan fingerprint density at radius 3 is 1.46 bits per heavy atom. The zero-order chi connectivity index (χ0) is 9.52. The summed E-state index contributed by atoms with van der Waals surface area (Å²) in [6, 6.07) is 0. The van der Waals surface area contributed by atoms with Crippen LogP contribution < -0.4 is 0 Å². The van der Waals surface area contributed by atoms with Crippen LogP contribution in [0.25, 0.3) is 0 Å². The fraction of sp³-hybridized carbons (Fsp3) is 0.545. The smallest absolute Gasteiger partial charge is 0 e. The monoisotopic (exact) mass is 222 g/mol. The Bertz CT molecular complexity index is 273. The van der Waals surface area contributed by atoms with Crippen molar-refractivity contribution in [1.29, 1.82) is 0 Å². The number of hydrogen-bond donors (Lipinski definition) is 0. The van der Waals surface area contributed by atoms with Gasteiger partial charge in [-0.3, -0.25) is 0 Å². The van der Waals surface area contributed by atoms with Crippen LogP contribution >= 0.6 is 0 Å². The third kappa shape index (κ3) is 1.53. The molecule has 0 saturated carbocycles. The molecular weight excluding hydrogens is 207 g/mol. The van der Waals surface area contributed by atoms with E-state index in [0.717, 1.165) is 11.1 Å². The third-order valence-electron chi connectivity index (χ3n) is 3.39. The minimum absolute atomic E-state index is 0. The fourth-order valence-corrected chi connectivity index (χ4v) is 1.75. The molecule has 0 aliphatic heterocycles. The Labute approximate surface area is 90.5 Å². The standard InChI is InChI=1S/C11H15O.Co/c1-7-8(2)10(4)11(5,6-12)9(7)3;/h1-5H3;/q-1;. The van der Waals surface area contributed by atoms with Gasteiger partial charge in [-0.1, -0.05) is 34.6 Å². The van der Waals surface area contributed by atoms with Crippen LogP contribution in [0.4, 0.5) is 0 Å². The van der Waals surface area contributed by atoms with Crippen molar-refractivity contribution in [2.75, 3.05) is 0 Å². The van der Waals surface area contributed by atoms with Gasteiger partial charge in [0.15, 0.2) is 0 Å². The third-order valence-corrected chi connectivity index (χ3v) is 3.39. The fourth-order valence-electron chi connectivity index (χ4n) is 1.75. The van der Waals surface area contributed by atoms with Gasteiger partial charge in [-0.2, -0.15) is 0 Å². The quantitative estimate of drug-likeness (QED) is 0.623. The summed E-state index contributed by atoms with van der Waals surface area (Å²) in [6.45, 7) is 10.1. The van der Waals surface area contributed by atoms with Gasteiger partial charge in [-0.05, 0) is 27.7 Å². The molecule has 0 bridgehead atoms. The Hall–Kier alpha value is -0.344. The molecule has 13 heavy (non-hydrogen) atoms. The van der Waals surface area contributed by atoms with Gasteiger partial charge in [-0.25, -0.2) is 6.29 Å². The molecule has 1 nitrogen and oxygen atoms in total. The number of rotatable bonds is 1. The van der Waals surface area contributed by atoms with Crippen molar-refractivity contribution in [1.82, 2.24) is 0 Å². The molecule has 0 heterocycles. The Morgan fingerprint density at radius 2 is 1.31 bits per heavy atom. The first-order valence-electron chi connectivity index (χ1n) is 4.20. The van der Waals surface area contributed by atoms with E-state index in [1.165, 1.54) is 11.1 Å². The summed E-state index contributed by atoms with van der Waals surface area (Å²) >= 11 is 0. The van der Waals surface area contributed by atoms with E-state index in [1.807, 2.05) is 20.8 Å². The van der Waals surface area contributed by atoms with Gasteiger partial charge in [0.25, 0.3) is 0 Å². The largest absolute Gasteiger partial charge is 0.541 e. The van der Waals surface area contributed by atoms with Gasteiger partial charge in [0.05, 0.1) is 0 Å². The summed E-state index contributed by atoms with van der Waals surface area (Å²) in [6.07, 6.45) is 2.13. The van der Waals surface area contributed by atoms with Crippen LogP contribution in [-0.2, 0) is 21.6 Å². The minimum Gasteiger partial charge on any atom is -0.541 e. The summed E-state index contributed by atoms with van der Waals surface area (Å²) in [5.74, 6) is 0. The molecule has 2 heteroatoms. The predicted molar refractivity (Wildman–Crippen MR) is 50.5 cm³/mol. The number of carbonyl (C=O) groups excluding carboxylic acids is 1. The molecule has 1 aliphatic carbocycles. The second-order valence-electron chi connectivity index (χ2n) is 3.73. The minimum atomic E-state index is -0.450. The summed E-state index contributed by atoms with van der Waals surface area (Å²) in [5, 5.41) is 0. The molecule has 0 N–H and O–H groups in total. The molecule has 0 fully saturated rings. The van der Waals surface area contributed by atoms with E-state index in [4.69, 9.17) is 0 Å². The maximum Gasteiger partial charge on any atom is 0 e. The van der Waals surface area contributed by atoms with E-state index in [9.17, 15) is 4.79 Å². The molecule has 0 saturated heterocycles. The van der Waals surface area contributed by atoms with Crippen molar-refractivity contribution in [2.24, 2.45) is 5.41 Å². The Balaban J connectivity index is 0.00000144. The van der Waals surface area contributed by atoms with Gasteiger partial charge in [0.2, 0.25) is 0 Å². The Kier molecular flexibility index (Phi) is 3.70. The van der Waals surface area contributed by atoms with Crippen LogP contribution in [0.15, 0.2) is 22.3 Å². The summed E-state index contributed by atoms with van der Waals surface area (Å²) < 4.78 is 0. The van der Waals surface area contributed by atoms with Crippen LogP contribution in [0.1, 0.15) is 34.6 Å². The van der Waals surface area contributed by atoms with E-state index in [-0.39, 0.29) is 16.8 Å². The van der Waals surface area contributed by atoms with Gasteiger partial charge in [0.1, 0.15) is 0 Å². The van der Waals surface area contributed by atoms with Crippen molar-refractivity contribution in [2.45, 2.75) is 34.6 Å². The maximum absolute atomic E-state index is 10.8. The van der Waals surface area contributed by atoms with Gasteiger partial charge in [0, 0.05) is 16.8 Å². The first kappa shape index (κ1) is 12.7. The van der Waals surface area contributed by atoms with Crippen molar-refractivity contribution >= 4 is 6.29 Å². The number of hydrogen-bond acceptors (Lipinski definition) is 1. The zero-order valence-electron chi connectivity index (χ0n) is 8.74. The first-order chi connectivity index (χ1) is 5.45. The summed E-state index contributed by atoms with van der Waals surface area (Å²) in [7, 11) is 0. The van der Waals surface area contributed by atoms with Gasteiger partial charge >= 0.3 is 0 Å². The molecule has 0 aromatic rings. The SMILES string of the molecule is CC1=C(C)C(C)([C-]=O)C(C)=C1C.[Co]. The molecule has 1 radical (unpaired) electrons. The second kappa shape index (κ2) is 3.80. The van der Waals surface area contributed by atoms with E-state index >= 15 is 0 Å². The normalized spacial score (nSPS) is 20.4. The van der Waals surface area contributed by atoms with Gasteiger partial charge < -0.3 is 4.79 Å². The molecular formula is C11H15CoO-. The van der Waals surface area contributed by atoms with E-state index in [1.54, 1.807) is 0 Å². The molecule has 1 rings (SSSR count). The maximum atomic E-state index is 10.8. The molecule has 1 aliphatic rings. The van der Waals surface area contributed by atoms with Crippen LogP contribution in [0.3, 0.4) is 0 Å². The number of allylic oxidation sites excluding steroid dienone is 4. The van der Waals surface area contributed by atoms with Crippen LogP contribution in [0, 0.1) is 5.41 Å². The molecule has 0 amide bonds. The molecule has 0 unspecified atom stereocenters. The topological polar surface area (TPSA) is 17.1 Å². The molecule has 0 aromatic heterocycles. The zero-order valence-corrected chi connectivity index (χ0v) is 9.78.